The molecule has 32 heavy (non-hydrogen) atoms. The molecular weight excluding hydrogens is 482 g/mol. The van der Waals surface area contributed by atoms with Gasteiger partial charge in [0.25, 0.3) is 11.6 Å². The van der Waals surface area contributed by atoms with Crippen LogP contribution >= 0.6 is 15.9 Å². The van der Waals surface area contributed by atoms with Crippen LogP contribution in [-0.2, 0) is 0 Å². The third-order valence-electron chi connectivity index (χ3n) is 4.21. The highest BCUT2D eigenvalue weighted by molar-refractivity contribution is 9.10. The normalized spacial score (nSPS) is 10.6. The van der Waals surface area contributed by atoms with Crippen LogP contribution in [0.5, 0.6) is 11.5 Å². The van der Waals surface area contributed by atoms with E-state index in [0.29, 0.717) is 16.9 Å². The van der Waals surface area contributed by atoms with Crippen LogP contribution in [0.4, 0.5) is 5.69 Å². The minimum absolute atomic E-state index is 0.0472. The summed E-state index contributed by atoms with van der Waals surface area (Å²) in [6, 6.07) is 16.6. The number of nitrogens with zero attached hydrogens (tertiary/aromatic N) is 2. The van der Waals surface area contributed by atoms with Gasteiger partial charge in [0, 0.05) is 27.7 Å². The second-order valence-electron chi connectivity index (χ2n) is 6.30. The van der Waals surface area contributed by atoms with Crippen LogP contribution in [0.3, 0.4) is 0 Å². The number of esters is 1. The van der Waals surface area contributed by atoms with E-state index < -0.39 is 16.8 Å². The predicted molar refractivity (Wildman–Crippen MR) is 120 cm³/mol. The van der Waals surface area contributed by atoms with Crippen LogP contribution in [-0.4, -0.2) is 30.1 Å². The van der Waals surface area contributed by atoms with Crippen molar-refractivity contribution in [2.45, 2.75) is 0 Å². The molecule has 0 saturated carbocycles. The van der Waals surface area contributed by atoms with Crippen molar-refractivity contribution in [3.05, 3.63) is 98.0 Å². The van der Waals surface area contributed by atoms with Crippen molar-refractivity contribution in [2.24, 2.45) is 5.10 Å². The molecule has 9 nitrogen and oxygen atoms in total. The van der Waals surface area contributed by atoms with Crippen LogP contribution in [0.1, 0.15) is 26.3 Å². The average molecular weight is 498 g/mol. The number of nitro groups is 1. The molecule has 0 bridgehead atoms. The Balaban J connectivity index is 1.79. The minimum Gasteiger partial charge on any atom is -0.497 e. The fourth-order valence-electron chi connectivity index (χ4n) is 2.56. The number of carbonyl (C=O) groups excluding carboxylic acids is 2. The summed E-state index contributed by atoms with van der Waals surface area (Å²) in [6.45, 7) is 0. The maximum absolute atomic E-state index is 12.4. The number of hydrogen-bond donors (Lipinski definition) is 1. The molecule has 0 saturated heterocycles. The lowest BCUT2D eigenvalue weighted by molar-refractivity contribution is -0.384. The van der Waals surface area contributed by atoms with Crippen molar-refractivity contribution in [3.63, 3.8) is 0 Å². The smallest absolute Gasteiger partial charge is 0.343 e. The number of halogens is 1. The standard InChI is InChI=1S/C22H16BrN3O6/c1-31-19-9-4-14(5-10-19)21(27)25-24-13-16-12-18(26(29)30)8-11-20(16)32-22(28)15-2-6-17(23)7-3-15/h2-13H,1H3,(H,25,27)/b24-13+. The van der Waals surface area contributed by atoms with E-state index in [4.69, 9.17) is 9.47 Å². The van der Waals surface area contributed by atoms with Gasteiger partial charge >= 0.3 is 5.97 Å². The Labute approximate surface area is 190 Å². The molecular formula is C22H16BrN3O6. The first-order valence-electron chi connectivity index (χ1n) is 9.11. The van der Waals surface area contributed by atoms with Crippen LogP contribution in [0.15, 0.2) is 76.3 Å². The fourth-order valence-corrected chi connectivity index (χ4v) is 2.82. The highest BCUT2D eigenvalue weighted by atomic mass is 79.9. The lowest BCUT2D eigenvalue weighted by Gasteiger charge is -2.08. The molecule has 3 aromatic rings. The van der Waals surface area contributed by atoms with Gasteiger partial charge in [-0.1, -0.05) is 15.9 Å². The predicted octanol–water partition coefficient (Wildman–Crippen LogP) is 4.35. The number of methoxy groups -OCH3 is 1. The Morgan fingerprint density at radius 2 is 1.69 bits per heavy atom. The number of ether oxygens (including phenoxy) is 2. The molecule has 0 aliphatic heterocycles. The summed E-state index contributed by atoms with van der Waals surface area (Å²) < 4.78 is 11.2. The Bertz CT molecular complexity index is 1180. The van der Waals surface area contributed by atoms with E-state index in [1.807, 2.05) is 0 Å². The van der Waals surface area contributed by atoms with Crippen molar-refractivity contribution in [3.8, 4) is 11.5 Å². The number of carbonyl (C=O) groups is 2. The largest absolute Gasteiger partial charge is 0.497 e. The van der Waals surface area contributed by atoms with Crippen LogP contribution in [0.25, 0.3) is 0 Å². The van der Waals surface area contributed by atoms with Crippen molar-refractivity contribution < 1.29 is 24.0 Å². The van der Waals surface area contributed by atoms with E-state index in [1.54, 1.807) is 48.5 Å². The van der Waals surface area contributed by atoms with E-state index in [0.717, 1.165) is 4.47 Å². The zero-order valence-corrected chi connectivity index (χ0v) is 18.2. The number of hydrogen-bond acceptors (Lipinski definition) is 7. The molecule has 162 valence electrons. The number of nitro benzene ring substituents is 1. The van der Waals surface area contributed by atoms with Gasteiger partial charge in [0.1, 0.15) is 11.5 Å². The molecule has 0 atom stereocenters. The summed E-state index contributed by atoms with van der Waals surface area (Å²) in [5, 5.41) is 15.0. The highest BCUT2D eigenvalue weighted by Gasteiger charge is 2.15. The Hall–Kier alpha value is -4.05. The van der Waals surface area contributed by atoms with Gasteiger partial charge in [0.15, 0.2) is 0 Å². The first kappa shape index (κ1) is 22.6. The molecule has 1 amide bonds. The zero-order chi connectivity index (χ0) is 23.1. The molecule has 0 aromatic heterocycles. The topological polar surface area (TPSA) is 120 Å². The van der Waals surface area contributed by atoms with Gasteiger partial charge in [-0.05, 0) is 54.6 Å². The van der Waals surface area contributed by atoms with E-state index in [9.17, 15) is 19.7 Å². The zero-order valence-electron chi connectivity index (χ0n) is 16.7. The molecule has 0 spiro atoms. The first-order valence-corrected chi connectivity index (χ1v) is 9.90. The van der Waals surface area contributed by atoms with Gasteiger partial charge in [-0.25, -0.2) is 10.2 Å². The summed E-state index contributed by atoms with van der Waals surface area (Å²) in [7, 11) is 1.51. The summed E-state index contributed by atoms with van der Waals surface area (Å²) in [5.41, 5.74) is 2.87. The minimum atomic E-state index is -0.650. The number of hydrazone groups is 1. The SMILES string of the molecule is COc1ccc(C(=O)N/N=C/c2cc([N+](=O)[O-])ccc2OC(=O)c2ccc(Br)cc2)cc1. The number of rotatable bonds is 7. The molecule has 0 unspecified atom stereocenters. The van der Waals surface area contributed by atoms with Crippen molar-refractivity contribution in [2.75, 3.05) is 7.11 Å². The van der Waals surface area contributed by atoms with Gasteiger partial charge in [-0.15, -0.1) is 0 Å². The maximum atomic E-state index is 12.4. The maximum Gasteiger partial charge on any atom is 0.343 e. The van der Waals surface area contributed by atoms with Crippen LogP contribution in [0, 0.1) is 10.1 Å². The second kappa shape index (κ2) is 10.3. The monoisotopic (exact) mass is 497 g/mol. The molecule has 0 aliphatic rings. The average Bonchev–Trinajstić information content (AvgIpc) is 2.80. The third kappa shape index (κ3) is 5.76. The molecule has 3 aromatic carbocycles. The van der Waals surface area contributed by atoms with Gasteiger partial charge in [0.05, 0.1) is 23.8 Å². The molecule has 1 N–H and O–H groups in total. The van der Waals surface area contributed by atoms with E-state index in [1.165, 1.54) is 31.5 Å². The van der Waals surface area contributed by atoms with Gasteiger partial charge in [0.2, 0.25) is 0 Å². The Morgan fingerprint density at radius 3 is 2.31 bits per heavy atom. The van der Waals surface area contributed by atoms with Crippen molar-refractivity contribution in [1.82, 2.24) is 5.43 Å². The lowest BCUT2D eigenvalue weighted by Crippen LogP contribution is -2.17. The van der Waals surface area contributed by atoms with Crippen molar-refractivity contribution >= 4 is 39.7 Å². The van der Waals surface area contributed by atoms with Crippen LogP contribution < -0.4 is 14.9 Å². The molecule has 0 fully saturated rings. The van der Waals surface area contributed by atoms with Crippen LogP contribution in [0.2, 0.25) is 0 Å². The van der Waals surface area contributed by atoms with Gasteiger partial charge in [-0.2, -0.15) is 5.10 Å². The molecule has 3 rings (SSSR count). The number of non-ortho nitro benzene ring substituents is 1. The molecule has 0 heterocycles. The van der Waals surface area contributed by atoms with Crippen molar-refractivity contribution in [1.29, 1.82) is 0 Å². The first-order chi connectivity index (χ1) is 15.4. The third-order valence-corrected chi connectivity index (χ3v) is 4.74. The van der Waals surface area contributed by atoms with E-state index in [2.05, 4.69) is 26.5 Å². The summed E-state index contributed by atoms with van der Waals surface area (Å²) in [6.07, 6.45) is 1.17. The second-order valence-corrected chi connectivity index (χ2v) is 7.22. The summed E-state index contributed by atoms with van der Waals surface area (Å²) in [4.78, 5) is 35.2. The lowest BCUT2D eigenvalue weighted by atomic mass is 10.2. The highest BCUT2D eigenvalue weighted by Crippen LogP contribution is 2.24. The summed E-state index contributed by atoms with van der Waals surface area (Å²) in [5.74, 6) is -0.504. The van der Waals surface area contributed by atoms with E-state index in [-0.39, 0.29) is 17.0 Å². The Morgan fingerprint density at radius 1 is 1.03 bits per heavy atom. The van der Waals surface area contributed by atoms with Gasteiger partial charge in [-0.3, -0.25) is 14.9 Å². The molecule has 0 aliphatic carbocycles. The quantitative estimate of drug-likeness (QED) is 0.170. The number of benzene rings is 3. The number of amides is 1. The summed E-state index contributed by atoms with van der Waals surface area (Å²) >= 11 is 3.28. The Kier molecular flexibility index (Phi) is 7.29. The fraction of sp³-hybridized carbons (Fsp3) is 0.0455. The van der Waals surface area contributed by atoms with Gasteiger partial charge < -0.3 is 9.47 Å². The molecule has 10 heteroatoms. The van der Waals surface area contributed by atoms with E-state index >= 15 is 0 Å². The molecule has 0 radical (unpaired) electrons. The number of nitrogens with one attached hydrogen (secondary N) is 1.